The van der Waals surface area contributed by atoms with Crippen molar-refractivity contribution >= 4 is 5.91 Å². The maximum Gasteiger partial charge on any atom is 0.220 e. The van der Waals surface area contributed by atoms with E-state index < -0.39 is 0 Å². The van der Waals surface area contributed by atoms with Crippen molar-refractivity contribution < 1.29 is 4.79 Å². The first-order chi connectivity index (χ1) is 9.15. The zero-order chi connectivity index (χ0) is 13.7. The Morgan fingerprint density at radius 1 is 1.37 bits per heavy atom. The predicted octanol–water partition coefficient (Wildman–Crippen LogP) is 2.77. The van der Waals surface area contributed by atoms with Gasteiger partial charge in [-0.2, -0.15) is 0 Å². The minimum atomic E-state index is -0.0481. The van der Waals surface area contributed by atoms with Crippen molar-refractivity contribution in [1.82, 2.24) is 5.32 Å². The average molecular weight is 260 g/mol. The lowest BCUT2D eigenvalue weighted by atomic mass is 10.0. The minimum absolute atomic E-state index is 0.0481. The number of carbonyl (C=O) groups excluding carboxylic acids is 1. The molecule has 1 aromatic rings. The second-order valence-corrected chi connectivity index (χ2v) is 5.69. The van der Waals surface area contributed by atoms with E-state index >= 15 is 0 Å². The van der Waals surface area contributed by atoms with Crippen LogP contribution in [0.25, 0.3) is 0 Å². The summed E-state index contributed by atoms with van der Waals surface area (Å²) in [5.74, 6) is 0.131. The van der Waals surface area contributed by atoms with Gasteiger partial charge in [-0.05, 0) is 36.7 Å². The number of amides is 1. The SMILES string of the molecule is CCC1(CNC(=O)CCC(N)c2ccccc2)CC1. The Morgan fingerprint density at radius 2 is 2.05 bits per heavy atom. The van der Waals surface area contributed by atoms with Gasteiger partial charge >= 0.3 is 0 Å². The quantitative estimate of drug-likeness (QED) is 0.792. The van der Waals surface area contributed by atoms with Gasteiger partial charge in [-0.15, -0.1) is 0 Å². The van der Waals surface area contributed by atoms with Gasteiger partial charge in [0.1, 0.15) is 0 Å². The van der Waals surface area contributed by atoms with E-state index in [9.17, 15) is 4.79 Å². The predicted molar refractivity (Wildman–Crippen MR) is 77.6 cm³/mol. The molecule has 0 radical (unpaired) electrons. The number of hydrogen-bond donors (Lipinski definition) is 2. The van der Waals surface area contributed by atoms with E-state index in [-0.39, 0.29) is 11.9 Å². The second-order valence-electron chi connectivity index (χ2n) is 5.69. The first-order valence-corrected chi connectivity index (χ1v) is 7.22. The summed E-state index contributed by atoms with van der Waals surface area (Å²) in [7, 11) is 0. The van der Waals surface area contributed by atoms with Gasteiger partial charge in [-0.3, -0.25) is 4.79 Å². The standard InChI is InChI=1S/C16H24N2O/c1-2-16(10-11-16)12-18-15(19)9-8-14(17)13-6-4-3-5-7-13/h3-7,14H,2,8-12,17H2,1H3,(H,18,19). The van der Waals surface area contributed by atoms with Crippen LogP contribution < -0.4 is 11.1 Å². The van der Waals surface area contributed by atoms with Gasteiger partial charge in [0.05, 0.1) is 0 Å². The van der Waals surface area contributed by atoms with E-state index in [0.717, 1.165) is 18.5 Å². The maximum absolute atomic E-state index is 11.8. The van der Waals surface area contributed by atoms with Crippen LogP contribution in [0.1, 0.15) is 50.6 Å². The molecule has 1 saturated carbocycles. The highest BCUT2D eigenvalue weighted by molar-refractivity contribution is 5.76. The molecule has 1 fully saturated rings. The number of rotatable bonds is 7. The first kappa shape index (κ1) is 14.1. The zero-order valence-corrected chi connectivity index (χ0v) is 11.7. The highest BCUT2D eigenvalue weighted by Gasteiger charge is 2.40. The zero-order valence-electron chi connectivity index (χ0n) is 11.7. The highest BCUT2D eigenvalue weighted by Crippen LogP contribution is 2.47. The maximum atomic E-state index is 11.8. The molecule has 1 amide bonds. The van der Waals surface area contributed by atoms with Crippen LogP contribution in [-0.4, -0.2) is 12.5 Å². The van der Waals surface area contributed by atoms with Crippen LogP contribution in [0.4, 0.5) is 0 Å². The van der Waals surface area contributed by atoms with Gasteiger partial charge in [0.25, 0.3) is 0 Å². The first-order valence-electron chi connectivity index (χ1n) is 7.22. The van der Waals surface area contributed by atoms with Crippen LogP contribution in [0.2, 0.25) is 0 Å². The molecule has 1 aromatic carbocycles. The van der Waals surface area contributed by atoms with Gasteiger partial charge in [0.15, 0.2) is 0 Å². The van der Waals surface area contributed by atoms with Crippen LogP contribution >= 0.6 is 0 Å². The monoisotopic (exact) mass is 260 g/mol. The molecule has 19 heavy (non-hydrogen) atoms. The van der Waals surface area contributed by atoms with Crippen molar-refractivity contribution in [1.29, 1.82) is 0 Å². The molecular formula is C16H24N2O. The van der Waals surface area contributed by atoms with E-state index in [1.54, 1.807) is 0 Å². The molecule has 3 N–H and O–H groups in total. The lowest BCUT2D eigenvalue weighted by Gasteiger charge is -2.15. The summed E-state index contributed by atoms with van der Waals surface area (Å²) >= 11 is 0. The van der Waals surface area contributed by atoms with Crippen molar-refractivity contribution in [2.24, 2.45) is 11.1 Å². The third-order valence-corrected chi connectivity index (χ3v) is 4.28. The number of hydrogen-bond acceptors (Lipinski definition) is 2. The van der Waals surface area contributed by atoms with Crippen LogP contribution in [0.15, 0.2) is 30.3 Å². The van der Waals surface area contributed by atoms with Crippen molar-refractivity contribution in [3.05, 3.63) is 35.9 Å². The Balaban J connectivity index is 1.69. The van der Waals surface area contributed by atoms with Crippen molar-refractivity contribution in [2.45, 2.75) is 45.1 Å². The highest BCUT2D eigenvalue weighted by atomic mass is 16.1. The van der Waals surface area contributed by atoms with Crippen molar-refractivity contribution in [2.75, 3.05) is 6.54 Å². The van der Waals surface area contributed by atoms with Crippen LogP contribution in [-0.2, 0) is 4.79 Å². The van der Waals surface area contributed by atoms with E-state index in [4.69, 9.17) is 5.73 Å². The van der Waals surface area contributed by atoms with E-state index in [0.29, 0.717) is 18.3 Å². The molecule has 0 saturated heterocycles. The molecule has 0 bridgehead atoms. The van der Waals surface area contributed by atoms with Gasteiger partial charge in [0.2, 0.25) is 5.91 Å². The summed E-state index contributed by atoms with van der Waals surface area (Å²) < 4.78 is 0. The lowest BCUT2D eigenvalue weighted by Crippen LogP contribution is -2.30. The molecule has 3 heteroatoms. The molecule has 1 aliphatic carbocycles. The van der Waals surface area contributed by atoms with Gasteiger partial charge < -0.3 is 11.1 Å². The number of nitrogens with one attached hydrogen (secondary N) is 1. The van der Waals surface area contributed by atoms with E-state index in [1.807, 2.05) is 30.3 Å². The van der Waals surface area contributed by atoms with Crippen LogP contribution in [0.5, 0.6) is 0 Å². The molecule has 0 aromatic heterocycles. The molecule has 1 atom stereocenters. The number of benzene rings is 1. The molecule has 1 unspecified atom stereocenters. The summed E-state index contributed by atoms with van der Waals surface area (Å²) in [6, 6.07) is 9.91. The topological polar surface area (TPSA) is 55.1 Å². The van der Waals surface area contributed by atoms with Gasteiger partial charge in [-0.25, -0.2) is 0 Å². The average Bonchev–Trinajstić information content (AvgIpc) is 3.24. The number of nitrogens with two attached hydrogens (primary N) is 1. The molecule has 104 valence electrons. The summed E-state index contributed by atoms with van der Waals surface area (Å²) in [5.41, 5.74) is 7.60. The fourth-order valence-corrected chi connectivity index (χ4v) is 2.36. The number of carbonyl (C=O) groups is 1. The third-order valence-electron chi connectivity index (χ3n) is 4.28. The van der Waals surface area contributed by atoms with Crippen LogP contribution in [0, 0.1) is 5.41 Å². The van der Waals surface area contributed by atoms with E-state index in [2.05, 4.69) is 12.2 Å². The van der Waals surface area contributed by atoms with Gasteiger partial charge in [-0.1, -0.05) is 37.3 Å². The fraction of sp³-hybridized carbons (Fsp3) is 0.562. The summed E-state index contributed by atoms with van der Waals surface area (Å²) in [4.78, 5) is 11.8. The molecule has 0 spiro atoms. The molecule has 0 heterocycles. The molecule has 2 rings (SSSR count). The molecule has 0 aliphatic heterocycles. The molecule has 1 aliphatic rings. The smallest absolute Gasteiger partial charge is 0.220 e. The Labute approximate surface area is 115 Å². The van der Waals surface area contributed by atoms with Crippen molar-refractivity contribution in [3.8, 4) is 0 Å². The Morgan fingerprint density at radius 3 is 2.63 bits per heavy atom. The fourth-order valence-electron chi connectivity index (χ4n) is 2.36. The summed E-state index contributed by atoms with van der Waals surface area (Å²) in [6.07, 6.45) is 4.89. The van der Waals surface area contributed by atoms with E-state index in [1.165, 1.54) is 12.8 Å². The minimum Gasteiger partial charge on any atom is -0.356 e. The largest absolute Gasteiger partial charge is 0.356 e. The molecule has 3 nitrogen and oxygen atoms in total. The van der Waals surface area contributed by atoms with Crippen LogP contribution in [0.3, 0.4) is 0 Å². The Bertz CT molecular complexity index is 412. The van der Waals surface area contributed by atoms with Crippen molar-refractivity contribution in [3.63, 3.8) is 0 Å². The second kappa shape index (κ2) is 6.20. The summed E-state index contributed by atoms with van der Waals surface area (Å²) in [5, 5.41) is 3.05. The normalized spacial score (nSPS) is 17.8. The van der Waals surface area contributed by atoms with Gasteiger partial charge in [0, 0.05) is 19.0 Å². The lowest BCUT2D eigenvalue weighted by molar-refractivity contribution is -0.121. The Kier molecular flexibility index (Phi) is 4.59. The Hall–Kier alpha value is -1.35. The summed E-state index contributed by atoms with van der Waals surface area (Å²) in [6.45, 7) is 3.04. The third kappa shape index (κ3) is 4.06. The molecular weight excluding hydrogens is 236 g/mol.